The van der Waals surface area contributed by atoms with E-state index in [1.807, 2.05) is 55.1 Å². The maximum atomic E-state index is 12.8. The Bertz CT molecular complexity index is 917. The maximum Gasteiger partial charge on any atom is 0.314 e. The van der Waals surface area contributed by atoms with Gasteiger partial charge in [0.25, 0.3) is 0 Å². The van der Waals surface area contributed by atoms with E-state index in [0.717, 1.165) is 17.7 Å². The van der Waals surface area contributed by atoms with Crippen molar-refractivity contribution in [1.82, 2.24) is 14.9 Å². The molecule has 1 N–H and O–H groups in total. The van der Waals surface area contributed by atoms with Crippen LogP contribution >= 0.6 is 0 Å². The summed E-state index contributed by atoms with van der Waals surface area (Å²) in [6, 6.07) is 11.6. The number of rotatable bonds is 5. The average Bonchev–Trinajstić information content (AvgIpc) is 3.19. The summed E-state index contributed by atoms with van der Waals surface area (Å²) < 4.78 is 0. The van der Waals surface area contributed by atoms with E-state index in [2.05, 4.69) is 9.97 Å². The number of benzene rings is 1. The van der Waals surface area contributed by atoms with Gasteiger partial charge in [-0.3, -0.25) is 9.59 Å². The summed E-state index contributed by atoms with van der Waals surface area (Å²) in [7, 11) is 0. The molecule has 0 aliphatic carbocycles. The van der Waals surface area contributed by atoms with Gasteiger partial charge in [0.15, 0.2) is 5.82 Å². The van der Waals surface area contributed by atoms with Crippen molar-refractivity contribution in [3.8, 4) is 11.4 Å². The molecule has 1 aromatic carbocycles. The second-order valence-corrected chi connectivity index (χ2v) is 7.71. The summed E-state index contributed by atoms with van der Waals surface area (Å²) in [5, 5.41) is 9.99. The molecule has 1 amide bonds. The number of carboxylic acids is 1. The molecule has 2 fully saturated rings. The lowest BCUT2D eigenvalue weighted by molar-refractivity contribution is -0.149. The number of nitrogens with zero attached hydrogens (tertiary/aromatic N) is 4. The van der Waals surface area contributed by atoms with E-state index in [1.165, 1.54) is 0 Å². The number of carbonyl (C=O) groups is 2. The van der Waals surface area contributed by atoms with Crippen LogP contribution in [0, 0.1) is 18.3 Å². The fourth-order valence-corrected chi connectivity index (χ4v) is 4.37. The fraction of sp³-hybridized carbons (Fsp3) is 0.429. The van der Waals surface area contributed by atoms with Gasteiger partial charge < -0.3 is 14.9 Å². The van der Waals surface area contributed by atoms with Crippen molar-refractivity contribution in [3.05, 3.63) is 42.1 Å². The van der Waals surface area contributed by atoms with Crippen molar-refractivity contribution in [2.24, 2.45) is 11.3 Å². The monoisotopic (exact) mass is 380 g/mol. The molecule has 0 saturated carbocycles. The summed E-state index contributed by atoms with van der Waals surface area (Å²) >= 11 is 0. The standard InChI is InChI=1S/C21H24N4O3/c1-3-9-24-12-21(20(27)28)13-25(11-16(21)19(24)26)17-10-14(2)22-18(23-17)15-7-5-4-6-8-15/h4-8,10,16H,3,9,11-13H2,1-2H3,(H,27,28). The molecule has 2 atom stereocenters. The van der Waals surface area contributed by atoms with Gasteiger partial charge in [0.05, 0.1) is 5.92 Å². The first kappa shape index (κ1) is 18.4. The van der Waals surface area contributed by atoms with Crippen LogP contribution in [-0.4, -0.2) is 58.0 Å². The lowest BCUT2D eigenvalue weighted by atomic mass is 9.81. The molecule has 7 nitrogen and oxygen atoms in total. The van der Waals surface area contributed by atoms with Crippen LogP contribution in [0.3, 0.4) is 0 Å². The zero-order valence-electron chi connectivity index (χ0n) is 16.1. The van der Waals surface area contributed by atoms with Crippen LogP contribution in [0.1, 0.15) is 19.0 Å². The molecular weight excluding hydrogens is 356 g/mol. The van der Waals surface area contributed by atoms with Gasteiger partial charge in [-0.25, -0.2) is 9.97 Å². The van der Waals surface area contributed by atoms with Crippen molar-refractivity contribution >= 4 is 17.7 Å². The molecule has 7 heteroatoms. The Morgan fingerprint density at radius 3 is 2.64 bits per heavy atom. The minimum atomic E-state index is -1.07. The molecule has 2 unspecified atom stereocenters. The Morgan fingerprint density at radius 2 is 2.00 bits per heavy atom. The summed E-state index contributed by atoms with van der Waals surface area (Å²) in [4.78, 5) is 37.9. The van der Waals surface area contributed by atoms with E-state index in [0.29, 0.717) is 24.7 Å². The van der Waals surface area contributed by atoms with Gasteiger partial charge >= 0.3 is 5.97 Å². The number of aryl methyl sites for hydroxylation is 1. The fourth-order valence-electron chi connectivity index (χ4n) is 4.37. The predicted molar refractivity (Wildman–Crippen MR) is 105 cm³/mol. The number of fused-ring (bicyclic) bond motifs is 1. The largest absolute Gasteiger partial charge is 0.481 e. The summed E-state index contributed by atoms with van der Waals surface area (Å²) in [6.45, 7) is 5.42. The highest BCUT2D eigenvalue weighted by Gasteiger charge is 2.62. The Labute approximate surface area is 164 Å². The molecule has 2 aliphatic heterocycles. The molecular formula is C21H24N4O3. The lowest BCUT2D eigenvalue weighted by Crippen LogP contribution is -2.41. The predicted octanol–water partition coefficient (Wildman–Crippen LogP) is 2.21. The van der Waals surface area contributed by atoms with Gasteiger partial charge in [0.2, 0.25) is 5.91 Å². The lowest BCUT2D eigenvalue weighted by Gasteiger charge is -2.26. The van der Waals surface area contributed by atoms with Crippen LogP contribution in [0.15, 0.2) is 36.4 Å². The van der Waals surface area contributed by atoms with Crippen molar-refractivity contribution in [1.29, 1.82) is 0 Å². The number of hydrogen-bond acceptors (Lipinski definition) is 5. The Morgan fingerprint density at radius 1 is 1.25 bits per heavy atom. The van der Waals surface area contributed by atoms with Crippen LogP contribution in [0.2, 0.25) is 0 Å². The number of anilines is 1. The van der Waals surface area contributed by atoms with E-state index in [4.69, 9.17) is 0 Å². The number of carbonyl (C=O) groups excluding carboxylic acids is 1. The van der Waals surface area contributed by atoms with Gasteiger partial charge in [-0.1, -0.05) is 37.3 Å². The van der Waals surface area contributed by atoms with Gasteiger partial charge in [0, 0.05) is 43.5 Å². The number of aliphatic carboxylic acids is 1. The molecule has 4 rings (SSSR count). The second kappa shape index (κ2) is 6.89. The number of likely N-dealkylation sites (tertiary alicyclic amines) is 1. The molecule has 2 aromatic rings. The van der Waals surface area contributed by atoms with Crippen molar-refractivity contribution in [3.63, 3.8) is 0 Å². The quantitative estimate of drug-likeness (QED) is 0.856. The zero-order chi connectivity index (χ0) is 19.9. The van der Waals surface area contributed by atoms with Gasteiger partial charge in [-0.2, -0.15) is 0 Å². The average molecular weight is 380 g/mol. The first-order chi connectivity index (χ1) is 13.4. The van der Waals surface area contributed by atoms with Gasteiger partial charge in [-0.15, -0.1) is 0 Å². The van der Waals surface area contributed by atoms with E-state index in [-0.39, 0.29) is 19.0 Å². The zero-order valence-corrected chi connectivity index (χ0v) is 16.1. The Hall–Kier alpha value is -2.96. The molecule has 0 bridgehead atoms. The first-order valence-electron chi connectivity index (χ1n) is 9.63. The SMILES string of the molecule is CCCN1CC2(C(=O)O)CN(c3cc(C)nc(-c4ccccc4)n3)CC2C1=O. The molecule has 0 radical (unpaired) electrons. The molecule has 2 aliphatic rings. The first-order valence-corrected chi connectivity index (χ1v) is 9.63. The molecule has 146 valence electrons. The van der Waals surface area contributed by atoms with Crippen LogP contribution in [0.25, 0.3) is 11.4 Å². The number of amides is 1. The Balaban J connectivity index is 1.67. The van der Waals surface area contributed by atoms with Gasteiger partial charge in [-0.05, 0) is 13.3 Å². The molecule has 3 heterocycles. The summed E-state index contributed by atoms with van der Waals surface area (Å²) in [6.07, 6.45) is 0.823. The Kier molecular flexibility index (Phi) is 4.53. The van der Waals surface area contributed by atoms with Crippen molar-refractivity contribution < 1.29 is 14.7 Å². The molecule has 28 heavy (non-hydrogen) atoms. The smallest absolute Gasteiger partial charge is 0.314 e. The third kappa shape index (κ3) is 2.91. The van der Waals surface area contributed by atoms with Crippen LogP contribution < -0.4 is 4.90 Å². The number of hydrogen-bond donors (Lipinski definition) is 1. The van der Waals surface area contributed by atoms with Crippen molar-refractivity contribution in [2.45, 2.75) is 20.3 Å². The highest BCUT2D eigenvalue weighted by atomic mass is 16.4. The molecule has 0 spiro atoms. The van der Waals surface area contributed by atoms with E-state index >= 15 is 0 Å². The van der Waals surface area contributed by atoms with E-state index in [1.54, 1.807) is 4.90 Å². The highest BCUT2D eigenvalue weighted by Crippen LogP contribution is 2.45. The minimum absolute atomic E-state index is 0.0548. The number of aromatic nitrogens is 2. The van der Waals surface area contributed by atoms with Crippen LogP contribution in [0.5, 0.6) is 0 Å². The number of carboxylic acid groups (broad SMARTS) is 1. The normalized spacial score (nSPS) is 23.9. The minimum Gasteiger partial charge on any atom is -0.481 e. The van der Waals surface area contributed by atoms with Gasteiger partial charge in [0.1, 0.15) is 11.2 Å². The molecule has 2 saturated heterocycles. The third-order valence-corrected chi connectivity index (χ3v) is 5.74. The van der Waals surface area contributed by atoms with E-state index < -0.39 is 17.3 Å². The molecule has 1 aromatic heterocycles. The highest BCUT2D eigenvalue weighted by molar-refractivity contribution is 5.93. The third-order valence-electron chi connectivity index (χ3n) is 5.74. The second-order valence-electron chi connectivity index (χ2n) is 7.71. The van der Waals surface area contributed by atoms with Crippen LogP contribution in [-0.2, 0) is 9.59 Å². The van der Waals surface area contributed by atoms with Crippen molar-refractivity contribution in [2.75, 3.05) is 31.1 Å². The summed E-state index contributed by atoms with van der Waals surface area (Å²) in [5.74, 6) is -0.207. The summed E-state index contributed by atoms with van der Waals surface area (Å²) in [5.41, 5.74) is 0.645. The van der Waals surface area contributed by atoms with E-state index in [9.17, 15) is 14.7 Å². The maximum absolute atomic E-state index is 12.8. The van der Waals surface area contributed by atoms with Crippen LogP contribution in [0.4, 0.5) is 5.82 Å². The topological polar surface area (TPSA) is 86.6 Å².